The smallest absolute Gasteiger partial charge is 0.252 e. The quantitative estimate of drug-likeness (QED) is 0.849. The molecule has 0 fully saturated rings. The van der Waals surface area contributed by atoms with Gasteiger partial charge in [0.1, 0.15) is 6.61 Å². The number of benzene rings is 1. The van der Waals surface area contributed by atoms with Crippen LogP contribution < -0.4 is 4.90 Å². The third kappa shape index (κ3) is 2.38. The van der Waals surface area contributed by atoms with E-state index in [0.29, 0.717) is 15.7 Å². The number of aliphatic hydroxyl groups excluding tert-OH is 1. The molecular formula is C9H9Cl2NO2. The van der Waals surface area contributed by atoms with Gasteiger partial charge in [-0.3, -0.25) is 4.79 Å². The van der Waals surface area contributed by atoms with Gasteiger partial charge in [-0.25, -0.2) is 0 Å². The Bertz CT molecular complexity index is 355. The summed E-state index contributed by atoms with van der Waals surface area (Å²) in [4.78, 5) is 12.4. The Hall–Kier alpha value is -0.770. The van der Waals surface area contributed by atoms with Crippen molar-refractivity contribution in [2.45, 2.75) is 0 Å². The van der Waals surface area contributed by atoms with Crippen LogP contribution in [0.15, 0.2) is 18.2 Å². The van der Waals surface area contributed by atoms with E-state index in [1.54, 1.807) is 25.2 Å². The lowest BCUT2D eigenvalue weighted by Gasteiger charge is -2.16. The highest BCUT2D eigenvalue weighted by Gasteiger charge is 2.10. The molecule has 14 heavy (non-hydrogen) atoms. The number of likely N-dealkylation sites (N-methyl/N-ethyl adjacent to an activating group) is 1. The first-order chi connectivity index (χ1) is 6.56. The maximum absolute atomic E-state index is 11.1. The molecule has 0 saturated heterocycles. The van der Waals surface area contributed by atoms with Crippen molar-refractivity contribution in [2.24, 2.45) is 0 Å². The molecule has 1 amide bonds. The van der Waals surface area contributed by atoms with Crippen LogP contribution in [0, 0.1) is 0 Å². The predicted octanol–water partition coefficient (Wildman–Crippen LogP) is 1.95. The average molecular weight is 234 g/mol. The number of amides is 1. The Morgan fingerprint density at radius 1 is 1.43 bits per heavy atom. The number of hydrogen-bond donors (Lipinski definition) is 1. The van der Waals surface area contributed by atoms with E-state index in [1.165, 1.54) is 4.90 Å². The lowest BCUT2D eigenvalue weighted by atomic mass is 10.3. The summed E-state index contributed by atoms with van der Waals surface area (Å²) < 4.78 is 0. The van der Waals surface area contributed by atoms with Gasteiger partial charge in [0.2, 0.25) is 0 Å². The largest absolute Gasteiger partial charge is 0.387 e. The molecule has 5 heteroatoms. The minimum absolute atomic E-state index is 0.377. The molecule has 1 aromatic carbocycles. The third-order valence-electron chi connectivity index (χ3n) is 1.80. The second kappa shape index (κ2) is 4.64. The SMILES string of the molecule is CN(C(=O)CO)c1ccc(Cl)c(Cl)c1. The van der Waals surface area contributed by atoms with Crippen molar-refractivity contribution in [1.29, 1.82) is 0 Å². The van der Waals surface area contributed by atoms with Gasteiger partial charge in [-0.1, -0.05) is 23.2 Å². The first-order valence-corrected chi connectivity index (χ1v) is 4.64. The zero-order chi connectivity index (χ0) is 10.7. The summed E-state index contributed by atoms with van der Waals surface area (Å²) in [7, 11) is 1.55. The van der Waals surface area contributed by atoms with Crippen LogP contribution in [0.3, 0.4) is 0 Å². The van der Waals surface area contributed by atoms with Crippen LogP contribution in [-0.2, 0) is 4.79 Å². The first kappa shape index (κ1) is 11.3. The number of carbonyl (C=O) groups is 1. The zero-order valence-electron chi connectivity index (χ0n) is 7.50. The highest BCUT2D eigenvalue weighted by Crippen LogP contribution is 2.26. The van der Waals surface area contributed by atoms with Crippen molar-refractivity contribution < 1.29 is 9.90 Å². The Labute approximate surface area is 91.8 Å². The molecule has 1 aromatic rings. The molecule has 0 aliphatic carbocycles. The molecule has 0 spiro atoms. The van der Waals surface area contributed by atoms with Crippen molar-refractivity contribution in [2.75, 3.05) is 18.6 Å². The number of hydrogen-bond acceptors (Lipinski definition) is 2. The molecular weight excluding hydrogens is 225 g/mol. The van der Waals surface area contributed by atoms with Gasteiger partial charge in [0.25, 0.3) is 5.91 Å². The number of nitrogens with zero attached hydrogens (tertiary/aromatic N) is 1. The van der Waals surface area contributed by atoms with E-state index in [4.69, 9.17) is 28.3 Å². The normalized spacial score (nSPS) is 10.0. The summed E-state index contributed by atoms with van der Waals surface area (Å²) in [6.45, 7) is -0.531. The van der Waals surface area contributed by atoms with Gasteiger partial charge in [0, 0.05) is 12.7 Å². The summed E-state index contributed by atoms with van der Waals surface area (Å²) in [5.41, 5.74) is 0.596. The second-order valence-corrected chi connectivity index (χ2v) is 3.52. The van der Waals surface area contributed by atoms with Crippen molar-refractivity contribution in [3.05, 3.63) is 28.2 Å². The number of anilines is 1. The van der Waals surface area contributed by atoms with Crippen LogP contribution in [0.2, 0.25) is 10.0 Å². The fourth-order valence-corrected chi connectivity index (χ4v) is 1.24. The van der Waals surface area contributed by atoms with Gasteiger partial charge in [-0.05, 0) is 18.2 Å². The summed E-state index contributed by atoms with van der Waals surface area (Å²) in [5.74, 6) is -0.400. The fraction of sp³-hybridized carbons (Fsp3) is 0.222. The van der Waals surface area contributed by atoms with Gasteiger partial charge in [0.05, 0.1) is 10.0 Å². The molecule has 1 N–H and O–H groups in total. The topological polar surface area (TPSA) is 40.5 Å². The molecule has 0 aliphatic heterocycles. The minimum atomic E-state index is -0.531. The van der Waals surface area contributed by atoms with Gasteiger partial charge in [0.15, 0.2) is 0 Å². The van der Waals surface area contributed by atoms with Gasteiger partial charge < -0.3 is 10.0 Å². The lowest BCUT2D eigenvalue weighted by Crippen LogP contribution is -2.28. The van der Waals surface area contributed by atoms with Gasteiger partial charge in [-0.2, -0.15) is 0 Å². The standard InChI is InChI=1S/C9H9Cl2NO2/c1-12(9(14)5-13)6-2-3-7(10)8(11)4-6/h2-4,13H,5H2,1H3. The Morgan fingerprint density at radius 3 is 2.57 bits per heavy atom. The van der Waals surface area contributed by atoms with Gasteiger partial charge >= 0.3 is 0 Å². The molecule has 1 rings (SSSR count). The Kier molecular flexibility index (Phi) is 3.75. The number of rotatable bonds is 2. The highest BCUT2D eigenvalue weighted by atomic mass is 35.5. The maximum Gasteiger partial charge on any atom is 0.252 e. The molecule has 0 heterocycles. The number of aliphatic hydroxyl groups is 1. The average Bonchev–Trinajstić information content (AvgIpc) is 2.20. The Morgan fingerprint density at radius 2 is 2.07 bits per heavy atom. The van der Waals surface area contributed by atoms with Crippen LogP contribution in [0.4, 0.5) is 5.69 Å². The van der Waals surface area contributed by atoms with E-state index in [9.17, 15) is 4.79 Å². The molecule has 0 saturated carbocycles. The van der Waals surface area contributed by atoms with Crippen LogP contribution in [-0.4, -0.2) is 24.7 Å². The number of carbonyl (C=O) groups excluding carboxylic acids is 1. The molecule has 0 aromatic heterocycles. The molecule has 3 nitrogen and oxygen atoms in total. The Balaban J connectivity index is 2.96. The fourth-order valence-electron chi connectivity index (χ4n) is 0.944. The lowest BCUT2D eigenvalue weighted by molar-refractivity contribution is -0.120. The number of halogens is 2. The summed E-state index contributed by atoms with van der Waals surface area (Å²) in [5, 5.41) is 9.45. The molecule has 0 atom stereocenters. The van der Waals surface area contributed by atoms with Gasteiger partial charge in [-0.15, -0.1) is 0 Å². The monoisotopic (exact) mass is 233 g/mol. The van der Waals surface area contributed by atoms with E-state index >= 15 is 0 Å². The predicted molar refractivity (Wildman–Crippen MR) is 57.0 cm³/mol. The van der Waals surface area contributed by atoms with Crippen molar-refractivity contribution in [3.8, 4) is 0 Å². The molecule has 0 aliphatic rings. The van der Waals surface area contributed by atoms with E-state index < -0.39 is 12.5 Å². The summed E-state index contributed by atoms with van der Waals surface area (Å²) in [6.07, 6.45) is 0. The second-order valence-electron chi connectivity index (χ2n) is 2.71. The zero-order valence-corrected chi connectivity index (χ0v) is 9.01. The van der Waals surface area contributed by atoms with E-state index in [1.807, 2.05) is 0 Å². The summed E-state index contributed by atoms with van der Waals surface area (Å²) in [6, 6.07) is 4.82. The maximum atomic E-state index is 11.1. The van der Waals surface area contributed by atoms with Crippen molar-refractivity contribution in [1.82, 2.24) is 0 Å². The van der Waals surface area contributed by atoms with Crippen molar-refractivity contribution >= 4 is 34.8 Å². The molecule has 0 radical (unpaired) electrons. The van der Waals surface area contributed by atoms with Crippen LogP contribution in [0.1, 0.15) is 0 Å². The third-order valence-corrected chi connectivity index (χ3v) is 2.54. The van der Waals surface area contributed by atoms with Crippen LogP contribution >= 0.6 is 23.2 Å². The highest BCUT2D eigenvalue weighted by molar-refractivity contribution is 6.42. The van der Waals surface area contributed by atoms with E-state index in [2.05, 4.69) is 0 Å². The molecule has 0 bridgehead atoms. The van der Waals surface area contributed by atoms with Crippen molar-refractivity contribution in [3.63, 3.8) is 0 Å². The van der Waals surface area contributed by atoms with Crippen LogP contribution in [0.5, 0.6) is 0 Å². The van der Waals surface area contributed by atoms with E-state index in [0.717, 1.165) is 0 Å². The van der Waals surface area contributed by atoms with E-state index in [-0.39, 0.29) is 0 Å². The first-order valence-electron chi connectivity index (χ1n) is 3.88. The van der Waals surface area contributed by atoms with Crippen LogP contribution in [0.25, 0.3) is 0 Å². The molecule has 0 unspecified atom stereocenters. The summed E-state index contributed by atoms with van der Waals surface area (Å²) >= 11 is 11.5. The molecule has 76 valence electrons. The minimum Gasteiger partial charge on any atom is -0.387 e.